The molecule has 2 rings (SSSR count). The van der Waals surface area contributed by atoms with Crippen molar-refractivity contribution in [3.8, 4) is 6.07 Å². The van der Waals surface area contributed by atoms with Crippen molar-refractivity contribution in [3.05, 3.63) is 34.2 Å². The Morgan fingerprint density at radius 2 is 2.06 bits per heavy atom. The van der Waals surface area contributed by atoms with Gasteiger partial charge in [0, 0.05) is 19.3 Å². The molecule has 2 heterocycles. The Kier molecular flexibility index (Phi) is 3.78. The standard InChI is InChI=1S/C13H15N3O2/c14-9-11-5-4-8-16(13(11)18)10-12(17)15-6-2-1-3-7-15/h4-5,8H,1-3,6-7,10H2. The van der Waals surface area contributed by atoms with Crippen LogP contribution in [0.5, 0.6) is 0 Å². The molecule has 18 heavy (non-hydrogen) atoms. The summed E-state index contributed by atoms with van der Waals surface area (Å²) in [4.78, 5) is 25.6. The predicted molar refractivity (Wildman–Crippen MR) is 65.8 cm³/mol. The van der Waals surface area contributed by atoms with Gasteiger partial charge in [-0.2, -0.15) is 5.26 Å². The van der Waals surface area contributed by atoms with Gasteiger partial charge >= 0.3 is 0 Å². The van der Waals surface area contributed by atoms with Crippen molar-refractivity contribution in [1.82, 2.24) is 9.47 Å². The summed E-state index contributed by atoms with van der Waals surface area (Å²) in [6.07, 6.45) is 4.76. The molecule has 1 aliphatic rings. The number of piperidine rings is 1. The maximum Gasteiger partial charge on any atom is 0.268 e. The molecule has 1 aromatic heterocycles. The van der Waals surface area contributed by atoms with E-state index in [-0.39, 0.29) is 18.0 Å². The van der Waals surface area contributed by atoms with Gasteiger partial charge in [-0.15, -0.1) is 0 Å². The van der Waals surface area contributed by atoms with Crippen molar-refractivity contribution in [2.45, 2.75) is 25.8 Å². The van der Waals surface area contributed by atoms with Gasteiger partial charge in [0.15, 0.2) is 0 Å². The summed E-state index contributed by atoms with van der Waals surface area (Å²) in [5.74, 6) is -0.0492. The lowest BCUT2D eigenvalue weighted by atomic mass is 10.1. The van der Waals surface area contributed by atoms with Crippen LogP contribution >= 0.6 is 0 Å². The number of pyridine rings is 1. The minimum absolute atomic E-state index is 0.0222. The summed E-state index contributed by atoms with van der Waals surface area (Å²) in [6.45, 7) is 1.56. The van der Waals surface area contributed by atoms with Gasteiger partial charge in [-0.1, -0.05) is 0 Å². The summed E-state index contributed by atoms with van der Waals surface area (Å²) in [5, 5.41) is 8.77. The Bertz CT molecular complexity index is 536. The average molecular weight is 245 g/mol. The molecule has 0 bridgehead atoms. The van der Waals surface area contributed by atoms with E-state index in [1.807, 2.05) is 6.07 Å². The molecule has 0 aliphatic carbocycles. The Balaban J connectivity index is 2.12. The maximum absolute atomic E-state index is 12.0. The highest BCUT2D eigenvalue weighted by molar-refractivity contribution is 5.76. The van der Waals surface area contributed by atoms with Crippen molar-refractivity contribution < 1.29 is 4.79 Å². The van der Waals surface area contributed by atoms with Crippen LogP contribution in [0.15, 0.2) is 23.1 Å². The highest BCUT2D eigenvalue weighted by Crippen LogP contribution is 2.09. The molecule has 5 heteroatoms. The van der Waals surface area contributed by atoms with Crippen LogP contribution in [0.1, 0.15) is 24.8 Å². The first-order valence-corrected chi connectivity index (χ1v) is 6.09. The fourth-order valence-electron chi connectivity index (χ4n) is 2.14. The van der Waals surface area contributed by atoms with Gasteiger partial charge in [-0.3, -0.25) is 9.59 Å². The van der Waals surface area contributed by atoms with E-state index >= 15 is 0 Å². The van der Waals surface area contributed by atoms with Gasteiger partial charge in [0.1, 0.15) is 18.2 Å². The van der Waals surface area contributed by atoms with E-state index in [1.165, 1.54) is 10.6 Å². The molecule has 94 valence electrons. The quantitative estimate of drug-likeness (QED) is 0.771. The number of amides is 1. The van der Waals surface area contributed by atoms with Gasteiger partial charge in [-0.25, -0.2) is 0 Å². The molecule has 0 atom stereocenters. The maximum atomic E-state index is 12.0. The van der Waals surface area contributed by atoms with Gasteiger partial charge in [-0.05, 0) is 31.4 Å². The van der Waals surface area contributed by atoms with E-state index in [9.17, 15) is 9.59 Å². The molecule has 0 radical (unpaired) electrons. The Labute approximate surface area is 105 Å². The zero-order chi connectivity index (χ0) is 13.0. The number of nitriles is 1. The molecular formula is C13H15N3O2. The predicted octanol–water partition coefficient (Wildman–Crippen LogP) is 0.732. The fourth-order valence-corrected chi connectivity index (χ4v) is 2.14. The smallest absolute Gasteiger partial charge is 0.268 e. The minimum Gasteiger partial charge on any atom is -0.341 e. The normalized spacial score (nSPS) is 15.2. The van der Waals surface area contributed by atoms with Gasteiger partial charge in [0.2, 0.25) is 5.91 Å². The Morgan fingerprint density at radius 1 is 1.33 bits per heavy atom. The molecule has 5 nitrogen and oxygen atoms in total. The summed E-state index contributed by atoms with van der Waals surface area (Å²) in [5.41, 5.74) is -0.325. The van der Waals surface area contributed by atoms with Crippen molar-refractivity contribution in [2.24, 2.45) is 0 Å². The van der Waals surface area contributed by atoms with E-state index in [0.29, 0.717) is 0 Å². The second kappa shape index (κ2) is 5.50. The number of nitrogens with zero attached hydrogens (tertiary/aromatic N) is 3. The molecule has 1 amide bonds. The lowest BCUT2D eigenvalue weighted by Gasteiger charge is -2.26. The molecule has 0 saturated carbocycles. The second-order valence-corrected chi connectivity index (χ2v) is 4.41. The molecule has 0 aromatic carbocycles. The monoisotopic (exact) mass is 245 g/mol. The van der Waals surface area contributed by atoms with Crippen LogP contribution in [0.3, 0.4) is 0 Å². The SMILES string of the molecule is N#Cc1cccn(CC(=O)N2CCCCC2)c1=O. The van der Waals surface area contributed by atoms with Crippen LogP contribution in [-0.4, -0.2) is 28.5 Å². The first-order chi connectivity index (χ1) is 8.72. The molecule has 1 saturated heterocycles. The first-order valence-electron chi connectivity index (χ1n) is 6.09. The number of aromatic nitrogens is 1. The first kappa shape index (κ1) is 12.4. The lowest BCUT2D eigenvalue weighted by molar-refractivity contribution is -0.132. The molecule has 0 spiro atoms. The van der Waals surface area contributed by atoms with Crippen LogP contribution < -0.4 is 5.56 Å². The van der Waals surface area contributed by atoms with E-state index in [1.54, 1.807) is 17.2 Å². The molecule has 0 unspecified atom stereocenters. The van der Waals surface area contributed by atoms with Crippen molar-refractivity contribution in [3.63, 3.8) is 0 Å². The molecule has 1 aromatic rings. The van der Waals surface area contributed by atoms with E-state index < -0.39 is 5.56 Å². The lowest BCUT2D eigenvalue weighted by Crippen LogP contribution is -2.39. The van der Waals surface area contributed by atoms with Gasteiger partial charge in [0.25, 0.3) is 5.56 Å². The van der Waals surface area contributed by atoms with Gasteiger partial charge in [0.05, 0.1) is 0 Å². The number of rotatable bonds is 2. The summed E-state index contributed by atoms with van der Waals surface area (Å²) >= 11 is 0. The summed E-state index contributed by atoms with van der Waals surface area (Å²) in [6, 6.07) is 4.91. The third kappa shape index (κ3) is 2.59. The Morgan fingerprint density at radius 3 is 2.72 bits per heavy atom. The largest absolute Gasteiger partial charge is 0.341 e. The van der Waals surface area contributed by atoms with Crippen LogP contribution in [0, 0.1) is 11.3 Å². The number of hydrogen-bond donors (Lipinski definition) is 0. The minimum atomic E-state index is -0.398. The van der Waals surface area contributed by atoms with Crippen LogP contribution in [0.4, 0.5) is 0 Å². The number of carbonyl (C=O) groups is 1. The molecule has 1 fully saturated rings. The zero-order valence-corrected chi connectivity index (χ0v) is 10.1. The van der Waals surface area contributed by atoms with E-state index in [0.717, 1.165) is 32.4 Å². The van der Waals surface area contributed by atoms with Crippen LogP contribution in [-0.2, 0) is 11.3 Å². The topological polar surface area (TPSA) is 66.1 Å². The van der Waals surface area contributed by atoms with E-state index in [4.69, 9.17) is 5.26 Å². The van der Waals surface area contributed by atoms with E-state index in [2.05, 4.69) is 0 Å². The van der Waals surface area contributed by atoms with Crippen molar-refractivity contribution in [2.75, 3.05) is 13.1 Å². The van der Waals surface area contributed by atoms with Crippen molar-refractivity contribution >= 4 is 5.91 Å². The fraction of sp³-hybridized carbons (Fsp3) is 0.462. The zero-order valence-electron chi connectivity index (χ0n) is 10.1. The van der Waals surface area contributed by atoms with Crippen LogP contribution in [0.2, 0.25) is 0 Å². The highest BCUT2D eigenvalue weighted by Gasteiger charge is 2.17. The third-order valence-electron chi connectivity index (χ3n) is 3.15. The number of carbonyl (C=O) groups excluding carboxylic acids is 1. The van der Waals surface area contributed by atoms with Gasteiger partial charge < -0.3 is 9.47 Å². The Hall–Kier alpha value is -2.09. The number of hydrogen-bond acceptors (Lipinski definition) is 3. The molecule has 0 N–H and O–H groups in total. The summed E-state index contributed by atoms with van der Waals surface area (Å²) < 4.78 is 1.30. The average Bonchev–Trinajstić information content (AvgIpc) is 2.42. The molecule has 1 aliphatic heterocycles. The second-order valence-electron chi connectivity index (χ2n) is 4.41. The van der Waals surface area contributed by atoms with Crippen molar-refractivity contribution in [1.29, 1.82) is 5.26 Å². The molecular weight excluding hydrogens is 230 g/mol. The highest BCUT2D eigenvalue weighted by atomic mass is 16.2. The van der Waals surface area contributed by atoms with Crippen LogP contribution in [0.25, 0.3) is 0 Å². The summed E-state index contributed by atoms with van der Waals surface area (Å²) in [7, 11) is 0. The third-order valence-corrected chi connectivity index (χ3v) is 3.15. The number of likely N-dealkylation sites (tertiary alicyclic amines) is 1.